The Balaban J connectivity index is 1.93. The van der Waals surface area contributed by atoms with Crippen molar-refractivity contribution in [2.45, 2.75) is 30.9 Å². The van der Waals surface area contributed by atoms with E-state index in [1.165, 1.54) is 0 Å². The quantitative estimate of drug-likeness (QED) is 0.481. The topological polar surface area (TPSA) is 117 Å². The number of hydrogen-bond donors (Lipinski definition) is 2. The Morgan fingerprint density at radius 3 is 2.32 bits per heavy atom. The molecule has 0 aliphatic carbocycles. The number of aliphatic hydroxyl groups is 1. The molecule has 1 fully saturated rings. The summed E-state index contributed by atoms with van der Waals surface area (Å²) in [4.78, 5) is 46.1. The van der Waals surface area contributed by atoms with Crippen LogP contribution in [0.1, 0.15) is 16.8 Å². The molecular formula is C21H13F8N5O4. The van der Waals surface area contributed by atoms with Gasteiger partial charge in [0.05, 0.1) is 30.7 Å². The summed E-state index contributed by atoms with van der Waals surface area (Å²) in [5.74, 6) is -6.23. The first kappa shape index (κ1) is 26.9. The molecule has 0 aromatic carbocycles. The zero-order valence-electron chi connectivity index (χ0n) is 18.4. The Labute approximate surface area is 205 Å². The first-order chi connectivity index (χ1) is 17.6. The van der Waals surface area contributed by atoms with E-state index in [1.54, 1.807) is 0 Å². The molecule has 2 amide bonds. The molecule has 0 bridgehead atoms. The number of carbonyl (C=O) groups excluding carboxylic acids is 2. The smallest absolute Gasteiger partial charge is 0.391 e. The van der Waals surface area contributed by atoms with Gasteiger partial charge in [-0.1, -0.05) is 0 Å². The van der Waals surface area contributed by atoms with Crippen LogP contribution in [-0.4, -0.2) is 62.5 Å². The summed E-state index contributed by atoms with van der Waals surface area (Å²) in [6.07, 6.45) is -12.4. The highest BCUT2D eigenvalue weighted by molar-refractivity contribution is 5.99. The molecule has 4 heterocycles. The third kappa shape index (κ3) is 5.00. The van der Waals surface area contributed by atoms with Gasteiger partial charge >= 0.3 is 12.4 Å². The van der Waals surface area contributed by atoms with Gasteiger partial charge in [0, 0.05) is 12.3 Å². The van der Waals surface area contributed by atoms with Crippen molar-refractivity contribution in [2.75, 3.05) is 11.4 Å². The number of alkyl halides is 6. The molecule has 0 spiro atoms. The van der Waals surface area contributed by atoms with E-state index in [4.69, 9.17) is 0 Å². The zero-order chi connectivity index (χ0) is 28.2. The fraction of sp³-hybridized carbons (Fsp3) is 0.286. The molecule has 1 saturated heterocycles. The SMILES string of the molecule is O=C(NC(C(F)(F)F)C(F)(F)F)c1cn(-c2ncc(F)cc2F)c2nc(N3C[C@@H](O)CC3=O)ccc2c1=O. The number of nitrogens with zero attached hydrogens (tertiary/aromatic N) is 4. The van der Waals surface area contributed by atoms with Gasteiger partial charge < -0.3 is 10.4 Å². The molecule has 9 nitrogen and oxygen atoms in total. The molecule has 4 rings (SSSR count). The van der Waals surface area contributed by atoms with Gasteiger partial charge in [0.1, 0.15) is 17.2 Å². The summed E-state index contributed by atoms with van der Waals surface area (Å²) in [6.45, 7) is -0.207. The highest BCUT2D eigenvalue weighted by Crippen LogP contribution is 2.33. The standard InChI is InChI=1S/C21H13F8N5O4/c22-8-3-12(23)17(30-5-8)34-7-11(18(38)32-19(20(24,25)26)21(27,28)29)15(37)10-1-2-13(31-16(10)34)33-6-9(35)4-14(33)36/h1-3,5,7,9,19,35H,4,6H2,(H,32,38)/t9-/m0/s1. The van der Waals surface area contributed by atoms with Crippen molar-refractivity contribution >= 4 is 28.7 Å². The number of amides is 2. The maximum atomic E-state index is 14.6. The van der Waals surface area contributed by atoms with E-state index in [0.29, 0.717) is 28.3 Å². The van der Waals surface area contributed by atoms with E-state index in [1.807, 2.05) is 0 Å². The molecule has 0 saturated carbocycles. The number of aromatic nitrogens is 3. The first-order valence-electron chi connectivity index (χ1n) is 10.4. The number of nitrogens with one attached hydrogen (secondary N) is 1. The van der Waals surface area contributed by atoms with E-state index in [0.717, 1.165) is 17.0 Å². The van der Waals surface area contributed by atoms with Gasteiger partial charge in [0.15, 0.2) is 17.3 Å². The first-order valence-corrected chi connectivity index (χ1v) is 10.4. The lowest BCUT2D eigenvalue weighted by atomic mass is 10.1. The Hall–Kier alpha value is -4.15. The Morgan fingerprint density at radius 2 is 1.76 bits per heavy atom. The molecule has 3 aromatic heterocycles. The summed E-state index contributed by atoms with van der Waals surface area (Å²) in [5.41, 5.74) is -3.19. The molecular weight excluding hydrogens is 538 g/mol. The van der Waals surface area contributed by atoms with Crippen LogP contribution in [0.4, 0.5) is 40.9 Å². The summed E-state index contributed by atoms with van der Waals surface area (Å²) < 4.78 is 106. The van der Waals surface area contributed by atoms with Crippen LogP contribution in [0.2, 0.25) is 0 Å². The van der Waals surface area contributed by atoms with E-state index < -0.39 is 75.8 Å². The molecule has 38 heavy (non-hydrogen) atoms. The second-order valence-electron chi connectivity index (χ2n) is 8.09. The maximum Gasteiger partial charge on any atom is 0.417 e. The number of fused-ring (bicyclic) bond motifs is 1. The number of rotatable bonds is 4. The second kappa shape index (κ2) is 9.30. The fourth-order valence-electron chi connectivity index (χ4n) is 3.72. The van der Waals surface area contributed by atoms with Crippen LogP contribution < -0.4 is 15.6 Å². The molecule has 1 aliphatic heterocycles. The van der Waals surface area contributed by atoms with Crippen LogP contribution in [-0.2, 0) is 4.79 Å². The minimum absolute atomic E-state index is 0.166. The number of pyridine rings is 3. The zero-order valence-corrected chi connectivity index (χ0v) is 18.4. The van der Waals surface area contributed by atoms with Crippen LogP contribution in [0.15, 0.2) is 35.4 Å². The van der Waals surface area contributed by atoms with Crippen molar-refractivity contribution < 1.29 is 49.8 Å². The van der Waals surface area contributed by atoms with E-state index in [-0.39, 0.29) is 18.8 Å². The number of anilines is 1. The fourth-order valence-corrected chi connectivity index (χ4v) is 3.72. The lowest BCUT2D eigenvalue weighted by Crippen LogP contribution is -2.55. The number of hydrogen-bond acceptors (Lipinski definition) is 6. The van der Waals surface area contributed by atoms with Crippen LogP contribution in [0.25, 0.3) is 16.9 Å². The number of β-amino-alcohol motifs (C(OH)–C–C–N with tert-alkyl or cyclic N) is 1. The lowest BCUT2D eigenvalue weighted by molar-refractivity contribution is -0.255. The van der Waals surface area contributed by atoms with Crippen LogP contribution in [0.5, 0.6) is 0 Å². The van der Waals surface area contributed by atoms with Gasteiger partial charge in [-0.15, -0.1) is 0 Å². The van der Waals surface area contributed by atoms with E-state index in [9.17, 15) is 54.6 Å². The molecule has 17 heteroatoms. The average Bonchev–Trinajstić information content (AvgIpc) is 3.14. The van der Waals surface area contributed by atoms with E-state index >= 15 is 0 Å². The predicted molar refractivity (Wildman–Crippen MR) is 111 cm³/mol. The van der Waals surface area contributed by atoms with Gasteiger partial charge in [-0.25, -0.2) is 18.7 Å². The van der Waals surface area contributed by atoms with Crippen LogP contribution in [0, 0.1) is 11.6 Å². The molecule has 1 atom stereocenters. The Morgan fingerprint density at radius 1 is 1.11 bits per heavy atom. The van der Waals surface area contributed by atoms with Gasteiger partial charge in [0.25, 0.3) is 5.91 Å². The molecule has 2 N–H and O–H groups in total. The number of carbonyl (C=O) groups is 2. The van der Waals surface area contributed by atoms with Crippen molar-refractivity contribution in [1.82, 2.24) is 19.9 Å². The van der Waals surface area contributed by atoms with Gasteiger partial charge in [-0.3, -0.25) is 23.9 Å². The van der Waals surface area contributed by atoms with Crippen molar-refractivity contribution in [3.8, 4) is 5.82 Å². The molecule has 0 unspecified atom stereocenters. The third-order valence-corrected chi connectivity index (χ3v) is 5.41. The van der Waals surface area contributed by atoms with Crippen LogP contribution >= 0.6 is 0 Å². The minimum atomic E-state index is -5.97. The summed E-state index contributed by atoms with van der Waals surface area (Å²) in [6, 6.07) is -1.99. The van der Waals surface area contributed by atoms with Gasteiger partial charge in [-0.2, -0.15) is 26.3 Å². The molecule has 3 aromatic rings. The van der Waals surface area contributed by atoms with Crippen molar-refractivity contribution in [3.05, 3.63) is 58.0 Å². The van der Waals surface area contributed by atoms with Gasteiger partial charge in [-0.05, 0) is 12.1 Å². The highest BCUT2D eigenvalue weighted by atomic mass is 19.4. The van der Waals surface area contributed by atoms with Gasteiger partial charge in [0.2, 0.25) is 17.4 Å². The normalized spacial score (nSPS) is 16.5. The van der Waals surface area contributed by atoms with Crippen molar-refractivity contribution in [3.63, 3.8) is 0 Å². The maximum absolute atomic E-state index is 14.6. The van der Waals surface area contributed by atoms with Crippen LogP contribution in [0.3, 0.4) is 0 Å². The summed E-state index contributed by atoms with van der Waals surface area (Å²) in [5, 5.41) is 9.84. The monoisotopic (exact) mass is 551 g/mol. The van der Waals surface area contributed by atoms with Crippen molar-refractivity contribution in [1.29, 1.82) is 0 Å². The highest BCUT2D eigenvalue weighted by Gasteiger charge is 2.57. The van der Waals surface area contributed by atoms with E-state index in [2.05, 4.69) is 9.97 Å². The lowest BCUT2D eigenvalue weighted by Gasteiger charge is -2.24. The number of halogens is 8. The largest absolute Gasteiger partial charge is 0.417 e. The Bertz CT molecular complexity index is 1490. The second-order valence-corrected chi connectivity index (χ2v) is 8.09. The third-order valence-electron chi connectivity index (χ3n) is 5.41. The average molecular weight is 551 g/mol. The number of aliphatic hydroxyl groups excluding tert-OH is 1. The van der Waals surface area contributed by atoms with Crippen molar-refractivity contribution in [2.24, 2.45) is 0 Å². The molecule has 202 valence electrons. The minimum Gasteiger partial charge on any atom is -0.391 e. The summed E-state index contributed by atoms with van der Waals surface area (Å²) in [7, 11) is 0. The molecule has 1 aliphatic rings. The Kier molecular flexibility index (Phi) is 6.59. The predicted octanol–water partition coefficient (Wildman–Crippen LogP) is 2.38. The molecule has 0 radical (unpaired) electrons. The summed E-state index contributed by atoms with van der Waals surface area (Å²) >= 11 is 0.